The van der Waals surface area contributed by atoms with Crippen LogP contribution in [-0.2, 0) is 4.79 Å². The number of amides is 2. The first-order valence-corrected chi connectivity index (χ1v) is 9.43. The Morgan fingerprint density at radius 1 is 1.15 bits per heavy atom. The number of aryl methyl sites for hydroxylation is 1. The molecular weight excluding hydrogens is 348 g/mol. The van der Waals surface area contributed by atoms with E-state index in [1.54, 1.807) is 17.0 Å². The second kappa shape index (κ2) is 6.76. The molecule has 0 radical (unpaired) electrons. The van der Waals surface area contributed by atoms with Gasteiger partial charge in [0.2, 0.25) is 5.91 Å². The number of carbonyl (C=O) groups is 2. The van der Waals surface area contributed by atoms with Gasteiger partial charge in [-0.3, -0.25) is 14.5 Å². The van der Waals surface area contributed by atoms with Crippen molar-refractivity contribution in [1.29, 1.82) is 0 Å². The maximum atomic E-state index is 13.1. The zero-order chi connectivity index (χ0) is 18.3. The van der Waals surface area contributed by atoms with Gasteiger partial charge < -0.3 is 5.32 Å². The van der Waals surface area contributed by atoms with Crippen LogP contribution in [0.3, 0.4) is 0 Å². The Bertz CT molecular complexity index is 874. The third-order valence-electron chi connectivity index (χ3n) is 5.35. The molecule has 26 heavy (non-hydrogen) atoms. The normalized spacial score (nSPS) is 19.7. The van der Waals surface area contributed by atoms with Crippen LogP contribution in [0.15, 0.2) is 42.5 Å². The van der Waals surface area contributed by atoms with Gasteiger partial charge in [-0.25, -0.2) is 0 Å². The molecule has 1 N–H and O–H groups in total. The Hall–Kier alpha value is -2.33. The van der Waals surface area contributed by atoms with Gasteiger partial charge in [-0.2, -0.15) is 0 Å². The molecule has 2 amide bonds. The third kappa shape index (κ3) is 2.88. The van der Waals surface area contributed by atoms with Crippen LogP contribution in [0.4, 0.5) is 5.69 Å². The average Bonchev–Trinajstić information content (AvgIpc) is 3.24. The van der Waals surface area contributed by atoms with E-state index in [2.05, 4.69) is 5.32 Å². The van der Waals surface area contributed by atoms with E-state index in [-0.39, 0.29) is 17.9 Å². The maximum Gasteiger partial charge on any atom is 0.259 e. The van der Waals surface area contributed by atoms with E-state index in [1.165, 1.54) is 0 Å². The fourth-order valence-corrected chi connectivity index (χ4v) is 4.10. The SMILES string of the molecule is Cc1ccc(N2C(=O)c3ccccc3C2C(=O)NC2CCCC2)cc1Cl. The minimum Gasteiger partial charge on any atom is -0.351 e. The molecule has 4 rings (SSSR count). The van der Waals surface area contributed by atoms with Crippen LogP contribution < -0.4 is 10.2 Å². The second-order valence-electron chi connectivity index (χ2n) is 7.09. The van der Waals surface area contributed by atoms with E-state index in [0.29, 0.717) is 16.3 Å². The number of nitrogens with one attached hydrogen (secondary N) is 1. The quantitative estimate of drug-likeness (QED) is 0.872. The standard InChI is InChI=1S/C21H21ClN2O2/c1-13-10-11-15(12-18(13)22)24-19(20(25)23-14-6-2-3-7-14)16-8-4-5-9-17(16)21(24)26/h4-5,8-12,14,19H,2-3,6-7H2,1H3,(H,23,25). The van der Waals surface area contributed by atoms with E-state index in [4.69, 9.17) is 11.6 Å². The number of hydrogen-bond donors (Lipinski definition) is 1. The number of halogens is 1. The van der Waals surface area contributed by atoms with Crippen molar-refractivity contribution in [2.45, 2.75) is 44.7 Å². The fraction of sp³-hybridized carbons (Fsp3) is 0.333. The Morgan fingerprint density at radius 2 is 1.88 bits per heavy atom. The molecule has 1 fully saturated rings. The van der Waals surface area contributed by atoms with Crippen LogP contribution in [0.1, 0.15) is 53.2 Å². The van der Waals surface area contributed by atoms with Crippen molar-refractivity contribution >= 4 is 29.1 Å². The zero-order valence-electron chi connectivity index (χ0n) is 14.7. The Balaban J connectivity index is 1.74. The van der Waals surface area contributed by atoms with Gasteiger partial charge in [-0.05, 0) is 49.1 Å². The monoisotopic (exact) mass is 368 g/mol. The lowest BCUT2D eigenvalue weighted by molar-refractivity contribution is -0.123. The summed E-state index contributed by atoms with van der Waals surface area (Å²) in [4.78, 5) is 27.7. The molecule has 2 aromatic rings. The summed E-state index contributed by atoms with van der Waals surface area (Å²) in [6.45, 7) is 1.91. The molecule has 2 aliphatic rings. The lowest BCUT2D eigenvalue weighted by Crippen LogP contribution is -2.42. The van der Waals surface area contributed by atoms with Gasteiger partial charge in [-0.15, -0.1) is 0 Å². The highest BCUT2D eigenvalue weighted by molar-refractivity contribution is 6.31. The average molecular weight is 369 g/mol. The number of anilines is 1. The van der Waals surface area contributed by atoms with Crippen molar-refractivity contribution in [3.63, 3.8) is 0 Å². The minimum absolute atomic E-state index is 0.119. The number of hydrogen-bond acceptors (Lipinski definition) is 2. The highest BCUT2D eigenvalue weighted by Crippen LogP contribution is 2.39. The fourth-order valence-electron chi connectivity index (χ4n) is 3.92. The first kappa shape index (κ1) is 17.1. The molecule has 1 heterocycles. The van der Waals surface area contributed by atoms with Gasteiger partial charge in [0.15, 0.2) is 0 Å². The lowest BCUT2D eigenvalue weighted by Gasteiger charge is -2.26. The van der Waals surface area contributed by atoms with E-state index in [0.717, 1.165) is 36.8 Å². The van der Waals surface area contributed by atoms with Gasteiger partial charge in [0.05, 0.1) is 0 Å². The summed E-state index contributed by atoms with van der Waals surface area (Å²) >= 11 is 6.28. The van der Waals surface area contributed by atoms with Crippen LogP contribution in [0.25, 0.3) is 0 Å². The highest BCUT2D eigenvalue weighted by atomic mass is 35.5. The first-order valence-electron chi connectivity index (χ1n) is 9.05. The topological polar surface area (TPSA) is 49.4 Å². The van der Waals surface area contributed by atoms with Crippen molar-refractivity contribution in [1.82, 2.24) is 5.32 Å². The van der Waals surface area contributed by atoms with Gasteiger partial charge >= 0.3 is 0 Å². The predicted octanol–water partition coefficient (Wildman–Crippen LogP) is 4.41. The van der Waals surface area contributed by atoms with Crippen molar-refractivity contribution in [2.24, 2.45) is 0 Å². The highest BCUT2D eigenvalue weighted by Gasteiger charge is 2.42. The summed E-state index contributed by atoms with van der Waals surface area (Å²) < 4.78 is 0. The van der Waals surface area contributed by atoms with E-state index in [9.17, 15) is 9.59 Å². The van der Waals surface area contributed by atoms with Crippen LogP contribution in [0, 0.1) is 6.92 Å². The van der Waals surface area contributed by atoms with Crippen molar-refractivity contribution in [3.05, 3.63) is 64.2 Å². The van der Waals surface area contributed by atoms with E-state index < -0.39 is 6.04 Å². The number of nitrogens with zero attached hydrogens (tertiary/aromatic N) is 1. The van der Waals surface area contributed by atoms with Crippen molar-refractivity contribution < 1.29 is 9.59 Å². The molecule has 4 nitrogen and oxygen atoms in total. The zero-order valence-corrected chi connectivity index (χ0v) is 15.4. The Morgan fingerprint density at radius 3 is 2.62 bits per heavy atom. The van der Waals surface area contributed by atoms with Gasteiger partial charge in [0.25, 0.3) is 5.91 Å². The smallest absolute Gasteiger partial charge is 0.259 e. The molecule has 1 unspecified atom stereocenters. The second-order valence-corrected chi connectivity index (χ2v) is 7.50. The van der Waals surface area contributed by atoms with Crippen LogP contribution in [0.2, 0.25) is 5.02 Å². The molecule has 0 spiro atoms. The van der Waals surface area contributed by atoms with Crippen LogP contribution in [-0.4, -0.2) is 17.9 Å². The molecule has 0 aromatic heterocycles. The minimum atomic E-state index is -0.655. The molecule has 0 bridgehead atoms. The number of carbonyl (C=O) groups excluding carboxylic acids is 2. The summed E-state index contributed by atoms with van der Waals surface area (Å²) in [6, 6.07) is 12.4. The molecular formula is C21H21ClN2O2. The summed E-state index contributed by atoms with van der Waals surface area (Å²) in [7, 11) is 0. The predicted molar refractivity (Wildman–Crippen MR) is 103 cm³/mol. The van der Waals surface area contributed by atoms with Gasteiger partial charge in [0.1, 0.15) is 6.04 Å². The first-order chi connectivity index (χ1) is 12.6. The molecule has 1 aliphatic carbocycles. The van der Waals surface area contributed by atoms with Gasteiger partial charge in [0, 0.05) is 22.3 Å². The largest absolute Gasteiger partial charge is 0.351 e. The molecule has 2 aromatic carbocycles. The molecule has 0 saturated heterocycles. The third-order valence-corrected chi connectivity index (χ3v) is 5.75. The molecule has 1 atom stereocenters. The Kier molecular flexibility index (Phi) is 4.45. The van der Waals surface area contributed by atoms with Gasteiger partial charge in [-0.1, -0.05) is 48.7 Å². The van der Waals surface area contributed by atoms with E-state index >= 15 is 0 Å². The number of benzene rings is 2. The maximum absolute atomic E-state index is 13.1. The summed E-state index contributed by atoms with van der Waals surface area (Å²) in [5.41, 5.74) is 2.92. The van der Waals surface area contributed by atoms with Crippen LogP contribution in [0.5, 0.6) is 0 Å². The molecule has 1 aliphatic heterocycles. The number of rotatable bonds is 3. The summed E-state index contributed by atoms with van der Waals surface area (Å²) in [6.07, 6.45) is 4.29. The molecule has 1 saturated carbocycles. The van der Waals surface area contributed by atoms with E-state index in [1.807, 2.05) is 37.3 Å². The van der Waals surface area contributed by atoms with Crippen molar-refractivity contribution in [2.75, 3.05) is 4.90 Å². The summed E-state index contributed by atoms with van der Waals surface area (Å²) in [5.74, 6) is -0.279. The lowest BCUT2D eigenvalue weighted by atomic mass is 10.0. The Labute approximate surface area is 158 Å². The van der Waals surface area contributed by atoms with Crippen LogP contribution >= 0.6 is 11.6 Å². The number of fused-ring (bicyclic) bond motifs is 1. The summed E-state index contributed by atoms with van der Waals surface area (Å²) in [5, 5.41) is 3.73. The molecule has 5 heteroatoms. The molecule has 134 valence electrons. The van der Waals surface area contributed by atoms with Crippen molar-refractivity contribution in [3.8, 4) is 0 Å².